The third-order valence-corrected chi connectivity index (χ3v) is 4.71. The van der Waals surface area contributed by atoms with E-state index in [2.05, 4.69) is 10.3 Å². The van der Waals surface area contributed by atoms with Crippen LogP contribution in [-0.2, 0) is 11.2 Å². The quantitative estimate of drug-likeness (QED) is 0.737. The Balaban J connectivity index is 1.74. The fourth-order valence-electron chi connectivity index (χ4n) is 1.77. The lowest BCUT2D eigenvalue weighted by Crippen LogP contribution is -2.26. The molecule has 0 radical (unpaired) electrons. The molecule has 2 aromatic heterocycles. The van der Waals surface area contributed by atoms with E-state index in [1.807, 2.05) is 22.9 Å². The molecule has 0 saturated heterocycles. The van der Waals surface area contributed by atoms with Crippen molar-refractivity contribution in [2.45, 2.75) is 25.7 Å². The number of thiophene rings is 1. The molecule has 0 aliphatic heterocycles. The Morgan fingerprint density at radius 1 is 1.30 bits per heavy atom. The normalized spacial score (nSPS) is 10.7. The number of aliphatic hydroxyl groups excluding tert-OH is 1. The number of rotatable bonds is 8. The molecule has 4 nitrogen and oxygen atoms in total. The van der Waals surface area contributed by atoms with Gasteiger partial charge in [0.05, 0.1) is 17.0 Å². The summed E-state index contributed by atoms with van der Waals surface area (Å²) in [5.41, 5.74) is 0.825. The molecule has 0 aliphatic carbocycles. The number of carbonyl (C=O) groups is 1. The van der Waals surface area contributed by atoms with E-state index in [4.69, 9.17) is 5.11 Å². The SMILES string of the molecule is O=C(Cc1csc(-c2cccs2)n1)NCCCCCO. The van der Waals surface area contributed by atoms with Gasteiger partial charge in [-0.05, 0) is 30.7 Å². The van der Waals surface area contributed by atoms with Crippen LogP contribution in [0.25, 0.3) is 9.88 Å². The van der Waals surface area contributed by atoms with Gasteiger partial charge in [0.1, 0.15) is 5.01 Å². The number of unbranched alkanes of at least 4 members (excludes halogenated alkanes) is 2. The van der Waals surface area contributed by atoms with Gasteiger partial charge >= 0.3 is 0 Å². The summed E-state index contributed by atoms with van der Waals surface area (Å²) in [6.45, 7) is 0.888. The van der Waals surface area contributed by atoms with Crippen molar-refractivity contribution < 1.29 is 9.90 Å². The monoisotopic (exact) mass is 310 g/mol. The molecule has 2 rings (SSSR count). The Morgan fingerprint density at radius 2 is 2.20 bits per heavy atom. The minimum absolute atomic E-state index is 0.0111. The number of aromatic nitrogens is 1. The zero-order valence-corrected chi connectivity index (χ0v) is 12.8. The van der Waals surface area contributed by atoms with Gasteiger partial charge in [-0.15, -0.1) is 22.7 Å². The van der Waals surface area contributed by atoms with Crippen LogP contribution in [0.4, 0.5) is 0 Å². The molecular weight excluding hydrogens is 292 g/mol. The first-order chi connectivity index (χ1) is 9.79. The molecule has 0 aliphatic rings. The van der Waals surface area contributed by atoms with Gasteiger partial charge in [-0.25, -0.2) is 4.98 Å². The zero-order chi connectivity index (χ0) is 14.2. The Bertz CT molecular complexity index is 523. The highest BCUT2D eigenvalue weighted by atomic mass is 32.1. The number of hydrogen-bond acceptors (Lipinski definition) is 5. The van der Waals surface area contributed by atoms with E-state index in [0.29, 0.717) is 13.0 Å². The van der Waals surface area contributed by atoms with E-state index < -0.39 is 0 Å². The van der Waals surface area contributed by atoms with Crippen molar-refractivity contribution in [1.29, 1.82) is 0 Å². The number of carbonyl (C=O) groups excluding carboxylic acids is 1. The maximum Gasteiger partial charge on any atom is 0.226 e. The molecule has 108 valence electrons. The van der Waals surface area contributed by atoms with Crippen LogP contribution in [0.2, 0.25) is 0 Å². The van der Waals surface area contributed by atoms with Crippen molar-refractivity contribution in [1.82, 2.24) is 10.3 Å². The van der Waals surface area contributed by atoms with E-state index in [0.717, 1.165) is 34.8 Å². The van der Waals surface area contributed by atoms with Crippen LogP contribution in [0.3, 0.4) is 0 Å². The van der Waals surface area contributed by atoms with Gasteiger partial charge in [0, 0.05) is 18.5 Å². The summed E-state index contributed by atoms with van der Waals surface area (Å²) >= 11 is 3.23. The standard InChI is InChI=1S/C14H18N2O2S2/c17-7-3-1-2-6-15-13(18)9-11-10-20-14(16-11)12-5-4-8-19-12/h4-5,8,10,17H,1-3,6-7,9H2,(H,15,18). The second-order valence-corrected chi connectivity index (χ2v) is 6.24. The van der Waals surface area contributed by atoms with Gasteiger partial charge in [0.25, 0.3) is 0 Å². The summed E-state index contributed by atoms with van der Waals surface area (Å²) in [6, 6.07) is 4.04. The van der Waals surface area contributed by atoms with Gasteiger partial charge in [-0.2, -0.15) is 0 Å². The van der Waals surface area contributed by atoms with Gasteiger partial charge in [-0.1, -0.05) is 6.07 Å². The highest BCUT2D eigenvalue weighted by Crippen LogP contribution is 2.27. The largest absolute Gasteiger partial charge is 0.396 e. The smallest absolute Gasteiger partial charge is 0.226 e. The van der Waals surface area contributed by atoms with Crippen molar-refractivity contribution in [2.24, 2.45) is 0 Å². The molecular formula is C14H18N2O2S2. The van der Waals surface area contributed by atoms with Crippen molar-refractivity contribution >= 4 is 28.6 Å². The third-order valence-electron chi connectivity index (χ3n) is 2.78. The first kappa shape index (κ1) is 15.2. The minimum atomic E-state index is 0.0111. The lowest BCUT2D eigenvalue weighted by atomic mass is 10.2. The Hall–Kier alpha value is -1.24. The van der Waals surface area contributed by atoms with Crippen molar-refractivity contribution in [2.75, 3.05) is 13.2 Å². The second kappa shape index (κ2) is 8.14. The summed E-state index contributed by atoms with van der Waals surface area (Å²) in [6.07, 6.45) is 2.98. The molecule has 0 saturated carbocycles. The van der Waals surface area contributed by atoms with Crippen LogP contribution in [0.15, 0.2) is 22.9 Å². The van der Waals surface area contributed by atoms with E-state index >= 15 is 0 Å². The van der Waals surface area contributed by atoms with E-state index in [-0.39, 0.29) is 12.5 Å². The van der Waals surface area contributed by atoms with Crippen LogP contribution in [-0.4, -0.2) is 29.1 Å². The minimum Gasteiger partial charge on any atom is -0.396 e. The molecule has 6 heteroatoms. The second-order valence-electron chi connectivity index (χ2n) is 4.43. The van der Waals surface area contributed by atoms with Crippen molar-refractivity contribution in [3.05, 3.63) is 28.6 Å². The maximum atomic E-state index is 11.7. The lowest BCUT2D eigenvalue weighted by Gasteiger charge is -2.03. The van der Waals surface area contributed by atoms with Gasteiger partial charge < -0.3 is 10.4 Å². The molecule has 0 atom stereocenters. The van der Waals surface area contributed by atoms with Gasteiger partial charge in [-0.3, -0.25) is 4.79 Å². The number of thiazole rings is 1. The van der Waals surface area contributed by atoms with Crippen molar-refractivity contribution in [3.63, 3.8) is 0 Å². The fourth-order valence-corrected chi connectivity index (χ4v) is 3.40. The predicted octanol–water partition coefficient (Wildman–Crippen LogP) is 2.69. The number of hydrogen-bond donors (Lipinski definition) is 2. The summed E-state index contributed by atoms with van der Waals surface area (Å²) < 4.78 is 0. The zero-order valence-electron chi connectivity index (χ0n) is 11.2. The Labute approximate surface area is 126 Å². The lowest BCUT2D eigenvalue weighted by molar-refractivity contribution is -0.120. The number of amides is 1. The first-order valence-corrected chi connectivity index (χ1v) is 8.41. The summed E-state index contributed by atoms with van der Waals surface area (Å²) in [7, 11) is 0. The average Bonchev–Trinajstić information content (AvgIpc) is 3.08. The molecule has 1 amide bonds. The van der Waals surface area contributed by atoms with Crippen LogP contribution in [0, 0.1) is 0 Å². The maximum absolute atomic E-state index is 11.7. The number of aliphatic hydroxyl groups is 1. The van der Waals surface area contributed by atoms with Crippen LogP contribution in [0.1, 0.15) is 25.0 Å². The van der Waals surface area contributed by atoms with Crippen LogP contribution >= 0.6 is 22.7 Å². The molecule has 0 fully saturated rings. The Kier molecular flexibility index (Phi) is 6.17. The van der Waals surface area contributed by atoms with Crippen LogP contribution in [0.5, 0.6) is 0 Å². The van der Waals surface area contributed by atoms with Crippen molar-refractivity contribution in [3.8, 4) is 9.88 Å². The fraction of sp³-hybridized carbons (Fsp3) is 0.429. The van der Waals surface area contributed by atoms with E-state index in [1.165, 1.54) is 0 Å². The predicted molar refractivity (Wildman–Crippen MR) is 83.1 cm³/mol. The topological polar surface area (TPSA) is 62.2 Å². The molecule has 2 heterocycles. The van der Waals surface area contributed by atoms with E-state index in [9.17, 15) is 4.79 Å². The van der Waals surface area contributed by atoms with Gasteiger partial charge in [0.15, 0.2) is 0 Å². The molecule has 2 aromatic rings. The third kappa shape index (κ3) is 4.70. The summed E-state index contributed by atoms with van der Waals surface area (Å²) in [5.74, 6) is 0.0111. The van der Waals surface area contributed by atoms with Gasteiger partial charge in [0.2, 0.25) is 5.91 Å². The molecule has 0 bridgehead atoms. The molecule has 0 unspecified atom stereocenters. The molecule has 2 N–H and O–H groups in total. The highest BCUT2D eigenvalue weighted by molar-refractivity contribution is 7.20. The average molecular weight is 310 g/mol. The first-order valence-electron chi connectivity index (χ1n) is 6.65. The van der Waals surface area contributed by atoms with E-state index in [1.54, 1.807) is 22.7 Å². The molecule has 0 spiro atoms. The highest BCUT2D eigenvalue weighted by Gasteiger charge is 2.09. The molecule has 20 heavy (non-hydrogen) atoms. The number of nitrogens with one attached hydrogen (secondary N) is 1. The number of nitrogens with zero attached hydrogens (tertiary/aromatic N) is 1. The van der Waals surface area contributed by atoms with Crippen LogP contribution < -0.4 is 5.32 Å². The summed E-state index contributed by atoms with van der Waals surface area (Å²) in [5, 5.41) is 16.5. The Morgan fingerprint density at radius 3 is 2.95 bits per heavy atom. The molecule has 0 aromatic carbocycles. The summed E-state index contributed by atoms with van der Waals surface area (Å²) in [4.78, 5) is 17.4.